The van der Waals surface area contributed by atoms with Crippen molar-refractivity contribution in [3.63, 3.8) is 0 Å². The number of carbonyl (C=O) groups is 2. The van der Waals surface area contributed by atoms with Crippen molar-refractivity contribution in [3.8, 4) is 11.5 Å². The first kappa shape index (κ1) is 17.0. The van der Waals surface area contributed by atoms with Crippen LogP contribution < -0.4 is 14.8 Å². The molecule has 1 atom stereocenters. The predicted molar refractivity (Wildman–Crippen MR) is 89.0 cm³/mol. The summed E-state index contributed by atoms with van der Waals surface area (Å²) in [7, 11) is 1.32. The summed E-state index contributed by atoms with van der Waals surface area (Å²) in [6.07, 6.45) is 0.0322. The average molecular weight is 399 g/mol. The molecule has 0 aromatic heterocycles. The van der Waals surface area contributed by atoms with Crippen LogP contribution in [0.25, 0.3) is 0 Å². The molecule has 0 saturated carbocycles. The van der Waals surface area contributed by atoms with Gasteiger partial charge in [-0.05, 0) is 17.7 Å². The van der Waals surface area contributed by atoms with Crippen molar-refractivity contribution in [2.75, 3.05) is 33.4 Å². The standard InChI is InChI=1S/C16H19BrN2O5/c1-22-15(20)8-12-16(21)18-2-3-19(12)9-10-6-13-14(7-11(10)17)24-5-4-23-13/h6-7,12H,2-5,8-9H2,1H3,(H,18,21)/t12-/m0/s1. The lowest BCUT2D eigenvalue weighted by Crippen LogP contribution is -2.55. The number of benzene rings is 1. The second-order valence-electron chi connectivity index (χ2n) is 5.64. The van der Waals surface area contributed by atoms with E-state index in [1.807, 2.05) is 17.0 Å². The topological polar surface area (TPSA) is 77.1 Å². The smallest absolute Gasteiger partial charge is 0.307 e. The fraction of sp³-hybridized carbons (Fsp3) is 0.500. The lowest BCUT2D eigenvalue weighted by molar-refractivity contribution is -0.146. The van der Waals surface area contributed by atoms with Crippen molar-refractivity contribution >= 4 is 27.8 Å². The van der Waals surface area contributed by atoms with Gasteiger partial charge in [-0.2, -0.15) is 0 Å². The molecule has 7 nitrogen and oxygen atoms in total. The molecule has 0 spiro atoms. The average Bonchev–Trinajstić information content (AvgIpc) is 2.58. The van der Waals surface area contributed by atoms with Crippen LogP contribution in [0.5, 0.6) is 11.5 Å². The van der Waals surface area contributed by atoms with Crippen molar-refractivity contribution in [3.05, 3.63) is 22.2 Å². The number of nitrogens with one attached hydrogen (secondary N) is 1. The fourth-order valence-corrected chi connectivity index (χ4v) is 3.31. The van der Waals surface area contributed by atoms with Gasteiger partial charge < -0.3 is 19.5 Å². The Balaban J connectivity index is 1.80. The molecule has 3 rings (SSSR count). The molecule has 1 amide bonds. The third-order valence-electron chi connectivity index (χ3n) is 4.11. The second-order valence-corrected chi connectivity index (χ2v) is 6.50. The molecule has 1 N–H and O–H groups in total. The maximum Gasteiger partial charge on any atom is 0.307 e. The summed E-state index contributed by atoms with van der Waals surface area (Å²) in [5.41, 5.74) is 0.976. The van der Waals surface area contributed by atoms with Gasteiger partial charge in [0.2, 0.25) is 5.91 Å². The molecule has 0 bridgehead atoms. The van der Waals surface area contributed by atoms with Crippen LogP contribution in [0.15, 0.2) is 16.6 Å². The van der Waals surface area contributed by atoms with Gasteiger partial charge >= 0.3 is 5.97 Å². The largest absolute Gasteiger partial charge is 0.486 e. The molecular weight excluding hydrogens is 380 g/mol. The lowest BCUT2D eigenvalue weighted by atomic mass is 10.1. The van der Waals surface area contributed by atoms with E-state index in [-0.39, 0.29) is 12.3 Å². The van der Waals surface area contributed by atoms with Crippen LogP contribution in [-0.2, 0) is 20.9 Å². The van der Waals surface area contributed by atoms with Crippen LogP contribution in [0.1, 0.15) is 12.0 Å². The van der Waals surface area contributed by atoms with Crippen molar-refractivity contribution in [1.29, 1.82) is 0 Å². The summed E-state index contributed by atoms with van der Waals surface area (Å²) in [6, 6.07) is 3.26. The summed E-state index contributed by atoms with van der Waals surface area (Å²) >= 11 is 3.55. The summed E-state index contributed by atoms with van der Waals surface area (Å²) < 4.78 is 16.8. The number of esters is 1. The van der Waals surface area contributed by atoms with Crippen molar-refractivity contribution < 1.29 is 23.8 Å². The highest BCUT2D eigenvalue weighted by molar-refractivity contribution is 9.10. The number of fused-ring (bicyclic) bond motifs is 1. The van der Waals surface area contributed by atoms with E-state index in [2.05, 4.69) is 21.2 Å². The molecular formula is C16H19BrN2O5. The van der Waals surface area contributed by atoms with Crippen LogP contribution in [0, 0.1) is 0 Å². The van der Waals surface area contributed by atoms with Gasteiger partial charge in [0, 0.05) is 24.1 Å². The van der Waals surface area contributed by atoms with Crippen LogP contribution in [-0.4, -0.2) is 56.2 Å². The highest BCUT2D eigenvalue weighted by Crippen LogP contribution is 2.36. The Morgan fingerprint density at radius 3 is 2.79 bits per heavy atom. The van der Waals surface area contributed by atoms with Gasteiger partial charge in [-0.25, -0.2) is 0 Å². The zero-order valence-electron chi connectivity index (χ0n) is 13.3. The minimum atomic E-state index is -0.536. The van der Waals surface area contributed by atoms with E-state index in [0.29, 0.717) is 44.3 Å². The molecule has 0 radical (unpaired) electrons. The number of nitrogens with zero attached hydrogens (tertiary/aromatic N) is 1. The van der Waals surface area contributed by atoms with Gasteiger partial charge in [-0.1, -0.05) is 15.9 Å². The minimum Gasteiger partial charge on any atom is -0.486 e. The Hall–Kier alpha value is -1.80. The number of halogens is 1. The third-order valence-corrected chi connectivity index (χ3v) is 4.85. The Bertz CT molecular complexity index is 652. The Morgan fingerprint density at radius 2 is 2.08 bits per heavy atom. The molecule has 130 valence electrons. The maximum absolute atomic E-state index is 12.1. The number of methoxy groups -OCH3 is 1. The molecule has 2 aliphatic heterocycles. The quantitative estimate of drug-likeness (QED) is 0.764. The van der Waals surface area contributed by atoms with E-state index in [0.717, 1.165) is 10.0 Å². The van der Waals surface area contributed by atoms with Gasteiger partial charge in [0.05, 0.1) is 13.5 Å². The molecule has 24 heavy (non-hydrogen) atoms. The first-order valence-electron chi connectivity index (χ1n) is 7.75. The van der Waals surface area contributed by atoms with E-state index in [9.17, 15) is 9.59 Å². The molecule has 1 aromatic rings. The maximum atomic E-state index is 12.1. The van der Waals surface area contributed by atoms with Crippen LogP contribution in [0.3, 0.4) is 0 Å². The normalized spacial score (nSPS) is 20.4. The number of ether oxygens (including phenoxy) is 3. The SMILES string of the molecule is COC(=O)C[C@H]1C(=O)NCCN1Cc1cc2c(cc1Br)OCCO2. The molecule has 0 aliphatic carbocycles. The van der Waals surface area contributed by atoms with E-state index < -0.39 is 12.0 Å². The number of amides is 1. The van der Waals surface area contributed by atoms with Gasteiger partial charge in [-0.3, -0.25) is 14.5 Å². The number of carbonyl (C=O) groups excluding carboxylic acids is 2. The Kier molecular flexibility index (Phi) is 5.25. The van der Waals surface area contributed by atoms with Crippen LogP contribution in [0.4, 0.5) is 0 Å². The van der Waals surface area contributed by atoms with Crippen LogP contribution in [0.2, 0.25) is 0 Å². The monoisotopic (exact) mass is 398 g/mol. The molecule has 0 unspecified atom stereocenters. The van der Waals surface area contributed by atoms with Gasteiger partial charge in [0.25, 0.3) is 0 Å². The molecule has 1 aromatic carbocycles. The van der Waals surface area contributed by atoms with Gasteiger partial charge in [-0.15, -0.1) is 0 Å². The van der Waals surface area contributed by atoms with E-state index in [4.69, 9.17) is 14.2 Å². The first-order chi connectivity index (χ1) is 11.6. The summed E-state index contributed by atoms with van der Waals surface area (Å²) in [4.78, 5) is 25.7. The highest BCUT2D eigenvalue weighted by Gasteiger charge is 2.32. The summed E-state index contributed by atoms with van der Waals surface area (Å²) in [5, 5.41) is 2.80. The highest BCUT2D eigenvalue weighted by atomic mass is 79.9. The Morgan fingerprint density at radius 1 is 1.38 bits per heavy atom. The Labute approximate surface area is 148 Å². The van der Waals surface area contributed by atoms with E-state index in [1.54, 1.807) is 0 Å². The number of hydrogen-bond donors (Lipinski definition) is 1. The number of piperazine rings is 1. The molecule has 1 saturated heterocycles. The number of rotatable bonds is 4. The van der Waals surface area contributed by atoms with Crippen molar-refractivity contribution in [2.24, 2.45) is 0 Å². The van der Waals surface area contributed by atoms with Gasteiger partial charge in [0.15, 0.2) is 11.5 Å². The van der Waals surface area contributed by atoms with Crippen molar-refractivity contribution in [2.45, 2.75) is 19.0 Å². The fourth-order valence-electron chi connectivity index (χ4n) is 2.86. The van der Waals surface area contributed by atoms with E-state index in [1.165, 1.54) is 7.11 Å². The second kappa shape index (κ2) is 7.40. The summed E-state index contributed by atoms with van der Waals surface area (Å²) in [5.74, 6) is 0.855. The van der Waals surface area contributed by atoms with Crippen LogP contribution >= 0.6 is 15.9 Å². The molecule has 8 heteroatoms. The third kappa shape index (κ3) is 3.64. The minimum absolute atomic E-state index is 0.0322. The zero-order valence-corrected chi connectivity index (χ0v) is 14.9. The first-order valence-corrected chi connectivity index (χ1v) is 8.54. The van der Waals surface area contributed by atoms with Crippen molar-refractivity contribution in [1.82, 2.24) is 10.2 Å². The number of hydrogen-bond acceptors (Lipinski definition) is 6. The predicted octanol–water partition coefficient (Wildman–Crippen LogP) is 1.08. The van der Waals surface area contributed by atoms with E-state index >= 15 is 0 Å². The molecule has 2 heterocycles. The molecule has 2 aliphatic rings. The van der Waals surface area contributed by atoms with Gasteiger partial charge in [0.1, 0.15) is 19.3 Å². The molecule has 1 fully saturated rings. The zero-order chi connectivity index (χ0) is 17.1. The lowest BCUT2D eigenvalue weighted by Gasteiger charge is -2.34. The summed E-state index contributed by atoms with van der Waals surface area (Å²) in [6.45, 7) is 2.79.